The molecule has 0 aromatic rings. The molecule has 8 heavy (non-hydrogen) atoms. The molecule has 0 radical (unpaired) electrons. The first-order valence-corrected chi connectivity index (χ1v) is 3.89. The number of dihydropyridines is 1. The summed E-state index contributed by atoms with van der Waals surface area (Å²) >= 11 is 2.33. The van der Waals surface area contributed by atoms with Gasteiger partial charge >= 0.3 is 0 Å². The predicted molar refractivity (Wildman–Crippen MR) is 44.6 cm³/mol. The van der Waals surface area contributed by atoms with Gasteiger partial charge in [0.05, 0.1) is 0 Å². The van der Waals surface area contributed by atoms with E-state index in [0.29, 0.717) is 9.97 Å². The van der Waals surface area contributed by atoms with Gasteiger partial charge in [-0.2, -0.15) is 0 Å². The molecular weight excluding hydrogens is 213 g/mol. The van der Waals surface area contributed by atoms with E-state index < -0.39 is 0 Å². The zero-order valence-corrected chi connectivity index (χ0v) is 6.87. The van der Waals surface area contributed by atoms with Crippen LogP contribution in [0.15, 0.2) is 17.1 Å². The van der Waals surface area contributed by atoms with Crippen LogP contribution in [0.3, 0.4) is 0 Å². The highest BCUT2D eigenvalue weighted by atomic mass is 127. The van der Waals surface area contributed by atoms with Gasteiger partial charge in [0, 0.05) is 12.1 Å². The summed E-state index contributed by atoms with van der Waals surface area (Å²) in [6.07, 6.45) is 6.03. The molecule has 0 aliphatic carbocycles. The molecule has 0 amide bonds. The second-order valence-electron chi connectivity index (χ2n) is 1.91. The molecule has 2 unspecified atom stereocenters. The summed E-state index contributed by atoms with van der Waals surface area (Å²) < 4.78 is 0.456. The summed E-state index contributed by atoms with van der Waals surface area (Å²) in [6, 6.07) is 0. The molecule has 0 bridgehead atoms. The smallest absolute Gasteiger partial charge is 0.107 e. The van der Waals surface area contributed by atoms with E-state index in [2.05, 4.69) is 40.6 Å². The van der Waals surface area contributed by atoms with Crippen molar-refractivity contribution in [3.05, 3.63) is 12.2 Å². The average Bonchev–Trinajstić information content (AvgIpc) is 1.77. The maximum atomic E-state index is 4.19. The van der Waals surface area contributed by atoms with Crippen LogP contribution in [0.2, 0.25) is 0 Å². The molecule has 0 saturated heterocycles. The normalized spacial score (nSPS) is 35.8. The first-order chi connectivity index (χ1) is 3.80. The van der Waals surface area contributed by atoms with E-state index in [1.54, 1.807) is 0 Å². The van der Waals surface area contributed by atoms with Gasteiger partial charge in [0.2, 0.25) is 0 Å². The van der Waals surface area contributed by atoms with Crippen LogP contribution in [0, 0.1) is 5.92 Å². The van der Waals surface area contributed by atoms with Crippen molar-refractivity contribution in [2.75, 3.05) is 0 Å². The lowest BCUT2D eigenvalue weighted by molar-refractivity contribution is 0.713. The summed E-state index contributed by atoms with van der Waals surface area (Å²) in [5.41, 5.74) is 0. The summed E-state index contributed by atoms with van der Waals surface area (Å²) in [5, 5.41) is 0. The standard InChI is InChI=1S/C6H8IN/c1-5-3-2-4-8-6(5)7/h2-6H,1H3. The first kappa shape index (κ1) is 6.26. The molecule has 0 spiro atoms. The van der Waals surface area contributed by atoms with Gasteiger partial charge in [-0.3, -0.25) is 4.99 Å². The van der Waals surface area contributed by atoms with Crippen molar-refractivity contribution in [2.45, 2.75) is 11.0 Å². The third kappa shape index (κ3) is 1.31. The number of hydrogen-bond donors (Lipinski definition) is 0. The maximum Gasteiger partial charge on any atom is 0.107 e. The molecule has 1 nitrogen and oxygen atoms in total. The lowest BCUT2D eigenvalue weighted by atomic mass is 10.1. The molecule has 1 heterocycles. The van der Waals surface area contributed by atoms with E-state index in [1.807, 2.05) is 12.3 Å². The number of hydrogen-bond acceptors (Lipinski definition) is 1. The predicted octanol–water partition coefficient (Wildman–Crippen LogP) is 2.02. The topological polar surface area (TPSA) is 12.4 Å². The third-order valence-corrected chi connectivity index (χ3v) is 2.62. The molecule has 0 aromatic carbocycles. The monoisotopic (exact) mass is 221 g/mol. The molecule has 2 heteroatoms. The Kier molecular flexibility index (Phi) is 2.05. The second-order valence-corrected chi connectivity index (χ2v) is 3.19. The van der Waals surface area contributed by atoms with Gasteiger partial charge < -0.3 is 0 Å². The van der Waals surface area contributed by atoms with Crippen molar-refractivity contribution in [1.82, 2.24) is 0 Å². The van der Waals surface area contributed by atoms with Crippen LogP contribution in [-0.4, -0.2) is 10.3 Å². The van der Waals surface area contributed by atoms with Crippen LogP contribution >= 0.6 is 22.6 Å². The van der Waals surface area contributed by atoms with Crippen molar-refractivity contribution in [3.8, 4) is 0 Å². The highest BCUT2D eigenvalue weighted by molar-refractivity contribution is 14.1. The van der Waals surface area contributed by atoms with E-state index in [0.717, 1.165) is 0 Å². The van der Waals surface area contributed by atoms with Crippen molar-refractivity contribution in [3.63, 3.8) is 0 Å². The zero-order valence-electron chi connectivity index (χ0n) is 4.71. The molecule has 1 aliphatic heterocycles. The van der Waals surface area contributed by atoms with Gasteiger partial charge in [0.1, 0.15) is 4.05 Å². The van der Waals surface area contributed by atoms with Crippen LogP contribution < -0.4 is 0 Å². The highest BCUT2D eigenvalue weighted by Crippen LogP contribution is 2.17. The van der Waals surface area contributed by atoms with Crippen molar-refractivity contribution >= 4 is 28.8 Å². The molecule has 1 rings (SSSR count). The van der Waals surface area contributed by atoms with Gasteiger partial charge in [-0.25, -0.2) is 0 Å². The quantitative estimate of drug-likeness (QED) is 0.337. The van der Waals surface area contributed by atoms with Gasteiger partial charge in [-0.15, -0.1) is 0 Å². The molecule has 0 fully saturated rings. The summed E-state index contributed by atoms with van der Waals surface area (Å²) in [5.74, 6) is 0.612. The minimum absolute atomic E-state index is 0.456. The Morgan fingerprint density at radius 1 is 1.62 bits per heavy atom. The largest absolute Gasteiger partial charge is 0.279 e. The number of rotatable bonds is 0. The lowest BCUT2D eigenvalue weighted by Crippen LogP contribution is -2.07. The van der Waals surface area contributed by atoms with Gasteiger partial charge in [-0.1, -0.05) is 35.6 Å². The van der Waals surface area contributed by atoms with Crippen molar-refractivity contribution in [1.29, 1.82) is 0 Å². The Bertz CT molecular complexity index is 112. The second kappa shape index (κ2) is 2.62. The zero-order chi connectivity index (χ0) is 5.98. The highest BCUT2D eigenvalue weighted by Gasteiger charge is 2.08. The number of aliphatic imine (C=N–C) groups is 1. The molecule has 2 atom stereocenters. The van der Waals surface area contributed by atoms with Crippen LogP contribution in [0.5, 0.6) is 0 Å². The number of allylic oxidation sites excluding steroid dienone is 1. The van der Waals surface area contributed by atoms with Crippen molar-refractivity contribution in [2.24, 2.45) is 10.9 Å². The van der Waals surface area contributed by atoms with E-state index in [-0.39, 0.29) is 0 Å². The van der Waals surface area contributed by atoms with Crippen LogP contribution in [0.25, 0.3) is 0 Å². The molecule has 44 valence electrons. The van der Waals surface area contributed by atoms with Crippen LogP contribution in [0.4, 0.5) is 0 Å². The Balaban J connectivity index is 2.59. The number of halogens is 1. The summed E-state index contributed by atoms with van der Waals surface area (Å²) in [6.45, 7) is 2.17. The minimum Gasteiger partial charge on any atom is -0.279 e. The summed E-state index contributed by atoms with van der Waals surface area (Å²) in [7, 11) is 0. The van der Waals surface area contributed by atoms with E-state index in [4.69, 9.17) is 0 Å². The van der Waals surface area contributed by atoms with Crippen LogP contribution in [-0.2, 0) is 0 Å². The van der Waals surface area contributed by atoms with Gasteiger partial charge in [0.25, 0.3) is 0 Å². The fraction of sp³-hybridized carbons (Fsp3) is 0.500. The summed E-state index contributed by atoms with van der Waals surface area (Å²) in [4.78, 5) is 4.19. The Morgan fingerprint density at radius 2 is 2.38 bits per heavy atom. The number of nitrogens with zero attached hydrogens (tertiary/aromatic N) is 1. The van der Waals surface area contributed by atoms with Gasteiger partial charge in [0.15, 0.2) is 0 Å². The Hall–Kier alpha value is 0.140. The molecule has 1 aliphatic rings. The molecule has 0 N–H and O–H groups in total. The Morgan fingerprint density at radius 3 is 2.75 bits per heavy atom. The molecule has 0 aromatic heterocycles. The van der Waals surface area contributed by atoms with Crippen LogP contribution in [0.1, 0.15) is 6.92 Å². The first-order valence-electron chi connectivity index (χ1n) is 2.65. The lowest BCUT2D eigenvalue weighted by Gasteiger charge is -2.11. The average molecular weight is 221 g/mol. The molecular formula is C6H8IN. The molecule has 0 saturated carbocycles. The van der Waals surface area contributed by atoms with Crippen molar-refractivity contribution < 1.29 is 0 Å². The minimum atomic E-state index is 0.456. The third-order valence-electron chi connectivity index (χ3n) is 1.16. The van der Waals surface area contributed by atoms with E-state index in [9.17, 15) is 0 Å². The fourth-order valence-electron chi connectivity index (χ4n) is 0.584. The van der Waals surface area contributed by atoms with Gasteiger partial charge in [-0.05, 0) is 6.08 Å². The Labute approximate surface area is 63.0 Å². The fourth-order valence-corrected chi connectivity index (χ4v) is 1.01. The maximum absolute atomic E-state index is 4.19. The van der Waals surface area contributed by atoms with E-state index >= 15 is 0 Å². The SMILES string of the molecule is CC1C=CC=NC1I. The van der Waals surface area contributed by atoms with E-state index in [1.165, 1.54) is 0 Å². The number of alkyl halides is 1.